The lowest BCUT2D eigenvalue weighted by atomic mass is 10.1. The monoisotopic (exact) mass is 610 g/mol. The molecule has 0 fully saturated rings. The van der Waals surface area contributed by atoms with Crippen LogP contribution in [0.1, 0.15) is 13.8 Å². The van der Waals surface area contributed by atoms with Gasteiger partial charge in [-0.15, -0.1) is 46.4 Å². The second kappa shape index (κ2) is 15.1. The number of hydrogen-bond donors (Lipinski definition) is 2. The summed E-state index contributed by atoms with van der Waals surface area (Å²) in [6, 6.07) is 0. The van der Waals surface area contributed by atoms with Crippen molar-refractivity contribution in [1.82, 2.24) is 0 Å². The van der Waals surface area contributed by atoms with Gasteiger partial charge in [-0.25, -0.2) is 4.57 Å². The second-order valence-corrected chi connectivity index (χ2v) is 13.9. The lowest BCUT2D eigenvalue weighted by Crippen LogP contribution is -2.45. The summed E-state index contributed by atoms with van der Waals surface area (Å²) >= 11 is 29.0. The molecule has 0 saturated carbocycles. The normalized spacial score (nSPS) is 15.6. The summed E-state index contributed by atoms with van der Waals surface area (Å²) in [4.78, 5) is 18.9. The molecule has 0 radical (unpaired) electrons. The minimum atomic E-state index is -5.34. The van der Waals surface area contributed by atoms with Crippen LogP contribution in [0.5, 0.6) is 0 Å². The van der Waals surface area contributed by atoms with Gasteiger partial charge in [-0.05, 0) is 5.92 Å². The molecule has 0 aromatic heterocycles. The highest BCUT2D eigenvalue weighted by atomic mass is 35.5. The zero-order valence-corrected chi connectivity index (χ0v) is 23.2. The lowest BCUT2D eigenvalue weighted by Gasteiger charge is -2.42. The van der Waals surface area contributed by atoms with Crippen molar-refractivity contribution in [2.75, 3.05) is 49.9 Å². The highest BCUT2D eigenvalue weighted by molar-refractivity contribution is 7.73. The van der Waals surface area contributed by atoms with Crippen molar-refractivity contribution >= 4 is 81.0 Å². The van der Waals surface area contributed by atoms with Crippen molar-refractivity contribution in [2.24, 2.45) is 5.92 Å². The molecule has 0 aliphatic rings. The zero-order chi connectivity index (χ0) is 24.3. The Hall–Kier alpha value is 1.86. The Labute approximate surface area is 206 Å². The largest absolute Gasteiger partial charge is 0.471 e. The number of phosphoric ester groups is 1. The van der Waals surface area contributed by atoms with Gasteiger partial charge in [-0.2, -0.15) is 0 Å². The Kier molecular flexibility index (Phi) is 16.0. The number of alkyl halides is 5. The molecular weight excluding hydrogens is 586 g/mol. The average Bonchev–Trinajstić information content (AvgIpc) is 2.66. The summed E-state index contributed by atoms with van der Waals surface area (Å²) in [5.41, 5.74) is 0. The second-order valence-electron chi connectivity index (χ2n) is 5.98. The Morgan fingerprint density at radius 2 is 1.03 bits per heavy atom. The van der Waals surface area contributed by atoms with Crippen LogP contribution in [0.4, 0.5) is 0 Å². The van der Waals surface area contributed by atoms with Crippen LogP contribution in [0.15, 0.2) is 0 Å². The molecule has 10 nitrogen and oxygen atoms in total. The van der Waals surface area contributed by atoms with Gasteiger partial charge in [0.2, 0.25) is 5.40 Å². The summed E-state index contributed by atoms with van der Waals surface area (Å²) in [6.07, 6.45) is 0. The number of hydrogen-bond acceptors (Lipinski definition) is 8. The fourth-order valence-corrected chi connectivity index (χ4v) is 10.7. The minimum absolute atomic E-state index is 0.160. The summed E-state index contributed by atoms with van der Waals surface area (Å²) in [5.74, 6) is -1.68. The first-order chi connectivity index (χ1) is 14.3. The van der Waals surface area contributed by atoms with Gasteiger partial charge in [0, 0.05) is 23.5 Å². The maximum atomic E-state index is 13.9. The third-order valence-electron chi connectivity index (χ3n) is 3.39. The van der Waals surface area contributed by atoms with E-state index in [2.05, 4.69) is 0 Å². The van der Waals surface area contributed by atoms with Crippen LogP contribution in [0, 0.1) is 5.92 Å². The summed E-state index contributed by atoms with van der Waals surface area (Å²) in [6.45, 7) is 1.26. The third-order valence-corrected chi connectivity index (χ3v) is 11.5. The van der Waals surface area contributed by atoms with E-state index in [9.17, 15) is 23.5 Å². The molecule has 0 aliphatic heterocycles. The van der Waals surface area contributed by atoms with Gasteiger partial charge in [0.1, 0.15) is 0 Å². The molecule has 0 aliphatic carbocycles. The average molecular weight is 613 g/mol. The molecule has 0 spiro atoms. The van der Waals surface area contributed by atoms with E-state index in [-0.39, 0.29) is 49.9 Å². The van der Waals surface area contributed by atoms with Crippen LogP contribution in [-0.4, -0.2) is 70.2 Å². The molecule has 0 rings (SSSR count). The molecule has 0 heterocycles. The number of halogens is 5. The first-order valence-corrected chi connectivity index (χ1v) is 16.0. The van der Waals surface area contributed by atoms with E-state index in [0.29, 0.717) is 0 Å². The highest BCUT2D eigenvalue weighted by Crippen LogP contribution is 2.76. The van der Waals surface area contributed by atoms with E-state index in [4.69, 9.17) is 80.6 Å². The first-order valence-electron chi connectivity index (χ1n) is 8.73. The molecule has 1 atom stereocenters. The van der Waals surface area contributed by atoms with Crippen LogP contribution in [0.25, 0.3) is 0 Å². The molecule has 188 valence electrons. The van der Waals surface area contributed by atoms with Gasteiger partial charge >= 0.3 is 23.0 Å². The fraction of sp³-hybridized carbons (Fsp3) is 1.00. The molecule has 0 bridgehead atoms. The summed E-state index contributed by atoms with van der Waals surface area (Å²) in [5, 5.41) is -4.80. The Bertz CT molecular complexity index is 608. The Balaban J connectivity index is 6.94. The molecule has 0 amide bonds. The van der Waals surface area contributed by atoms with Crippen molar-refractivity contribution in [2.45, 2.75) is 24.3 Å². The van der Waals surface area contributed by atoms with Gasteiger partial charge in [0.15, 0.2) is 5.06 Å². The van der Waals surface area contributed by atoms with E-state index in [1.165, 1.54) is 13.8 Å². The Morgan fingerprint density at radius 3 is 1.23 bits per heavy atom. The molecule has 2 N–H and O–H groups in total. The van der Waals surface area contributed by atoms with Gasteiger partial charge < -0.3 is 27.9 Å². The van der Waals surface area contributed by atoms with Crippen molar-refractivity contribution in [1.29, 1.82) is 0 Å². The van der Waals surface area contributed by atoms with Crippen molar-refractivity contribution in [3.8, 4) is 0 Å². The third kappa shape index (κ3) is 10.6. The van der Waals surface area contributed by atoms with Crippen molar-refractivity contribution in [3.63, 3.8) is 0 Å². The maximum absolute atomic E-state index is 13.9. The van der Waals surface area contributed by atoms with E-state index >= 15 is 0 Å². The molecular formula is C13H26Cl5O10P3. The summed E-state index contributed by atoms with van der Waals surface area (Å²) < 4.78 is 65.4. The molecule has 0 aromatic rings. The highest BCUT2D eigenvalue weighted by Gasteiger charge is 2.65. The van der Waals surface area contributed by atoms with E-state index < -0.39 is 39.4 Å². The summed E-state index contributed by atoms with van der Waals surface area (Å²) in [7, 11) is -14.7. The first kappa shape index (κ1) is 32.9. The van der Waals surface area contributed by atoms with Crippen molar-refractivity contribution < 1.29 is 46.1 Å². The molecule has 0 aromatic carbocycles. The van der Waals surface area contributed by atoms with Crippen LogP contribution < -0.4 is 0 Å². The standard InChI is InChI=1S/C13H26Cl5O10P3/c1-11(2)13(18,28-31(21,22)23)12(29(19,24-7-3-14)25-8-4-15)30(20,26-9-5-16)27-10-6-17/h11-12H,3-10H2,1-2H3,(H2,21,22,23). The van der Waals surface area contributed by atoms with Crippen LogP contribution in [0.2, 0.25) is 0 Å². The van der Waals surface area contributed by atoms with Crippen LogP contribution >= 0.6 is 81.0 Å². The fourth-order valence-electron chi connectivity index (χ4n) is 2.24. The number of phosphoric acid groups is 1. The van der Waals surface area contributed by atoms with Crippen molar-refractivity contribution in [3.05, 3.63) is 0 Å². The van der Waals surface area contributed by atoms with Gasteiger partial charge in [-0.1, -0.05) is 25.4 Å². The quantitative estimate of drug-likeness (QED) is 0.152. The molecule has 18 heteroatoms. The van der Waals surface area contributed by atoms with Gasteiger partial charge in [0.25, 0.3) is 0 Å². The van der Waals surface area contributed by atoms with E-state index in [0.717, 1.165) is 0 Å². The van der Waals surface area contributed by atoms with Crippen LogP contribution in [0.3, 0.4) is 0 Å². The van der Waals surface area contributed by atoms with E-state index in [1.807, 2.05) is 0 Å². The maximum Gasteiger partial charge on any atom is 0.471 e. The molecule has 0 saturated heterocycles. The number of rotatable bonds is 18. The topological polar surface area (TPSA) is 138 Å². The molecule has 1 unspecified atom stereocenters. The predicted molar refractivity (Wildman–Crippen MR) is 122 cm³/mol. The molecule has 31 heavy (non-hydrogen) atoms. The van der Waals surface area contributed by atoms with Gasteiger partial charge in [0.05, 0.1) is 26.4 Å². The minimum Gasteiger partial charge on any atom is -0.307 e. The zero-order valence-electron chi connectivity index (χ0n) is 16.7. The van der Waals surface area contributed by atoms with E-state index in [1.54, 1.807) is 0 Å². The lowest BCUT2D eigenvalue weighted by molar-refractivity contribution is 0.0577. The predicted octanol–water partition coefficient (Wildman–Crippen LogP) is 5.42. The SMILES string of the molecule is CC(C)C(Cl)(OP(=O)(O)O)C(P(=O)(OCCCl)OCCCl)P(=O)(OCCCl)OCCCl. The smallest absolute Gasteiger partial charge is 0.307 e. The Morgan fingerprint density at radius 1 is 0.742 bits per heavy atom. The van der Waals surface area contributed by atoms with Gasteiger partial charge in [-0.3, -0.25) is 13.7 Å². The van der Waals surface area contributed by atoms with Crippen LogP contribution in [-0.2, 0) is 36.3 Å².